The van der Waals surface area contributed by atoms with E-state index < -0.39 is 0 Å². The summed E-state index contributed by atoms with van der Waals surface area (Å²) in [4.78, 5) is 2.08. The van der Waals surface area contributed by atoms with Gasteiger partial charge in [-0.25, -0.2) is 0 Å². The molecule has 2 rings (SSSR count). The third-order valence-corrected chi connectivity index (χ3v) is 3.21. The average molecular weight is 286 g/mol. The van der Waals surface area contributed by atoms with Crippen molar-refractivity contribution in [1.29, 1.82) is 0 Å². The van der Waals surface area contributed by atoms with E-state index in [9.17, 15) is 0 Å². The number of nitrogen functional groups attached to an aromatic ring is 1. The fourth-order valence-electron chi connectivity index (χ4n) is 2.04. The molecule has 0 atom stereocenters. The van der Waals surface area contributed by atoms with Crippen molar-refractivity contribution >= 4 is 17.1 Å². The standard InChI is InChI=1S/C17H22N2O2/c1-12(2)21-17-11-14(7-10-16(17)18)19(3)13-5-8-15(20-4)9-6-13/h5-12H,18H2,1-4H3. The van der Waals surface area contributed by atoms with Crippen molar-refractivity contribution in [3.05, 3.63) is 42.5 Å². The fraction of sp³-hybridized carbons (Fsp3) is 0.294. The number of nitrogens with two attached hydrogens (primary N) is 1. The Morgan fingerprint density at radius 3 is 2.19 bits per heavy atom. The zero-order valence-corrected chi connectivity index (χ0v) is 13.0. The van der Waals surface area contributed by atoms with Crippen LogP contribution in [-0.2, 0) is 0 Å². The molecule has 0 radical (unpaired) electrons. The number of ether oxygens (including phenoxy) is 2. The largest absolute Gasteiger partial charge is 0.497 e. The van der Waals surface area contributed by atoms with Gasteiger partial charge in [-0.15, -0.1) is 0 Å². The topological polar surface area (TPSA) is 47.7 Å². The summed E-state index contributed by atoms with van der Waals surface area (Å²) >= 11 is 0. The van der Waals surface area contributed by atoms with Crippen molar-refractivity contribution in [2.75, 3.05) is 24.8 Å². The van der Waals surface area contributed by atoms with E-state index in [0.29, 0.717) is 11.4 Å². The van der Waals surface area contributed by atoms with Crippen molar-refractivity contribution in [3.8, 4) is 11.5 Å². The summed E-state index contributed by atoms with van der Waals surface area (Å²) in [5.41, 5.74) is 8.69. The second-order valence-electron chi connectivity index (χ2n) is 5.15. The molecule has 112 valence electrons. The van der Waals surface area contributed by atoms with E-state index in [4.69, 9.17) is 15.2 Å². The average Bonchev–Trinajstić information content (AvgIpc) is 2.48. The van der Waals surface area contributed by atoms with Crippen molar-refractivity contribution in [2.45, 2.75) is 20.0 Å². The molecule has 0 bridgehead atoms. The first-order valence-electron chi connectivity index (χ1n) is 6.95. The van der Waals surface area contributed by atoms with Crippen LogP contribution in [0.15, 0.2) is 42.5 Å². The summed E-state index contributed by atoms with van der Waals surface area (Å²) < 4.78 is 10.9. The minimum Gasteiger partial charge on any atom is -0.497 e. The maximum absolute atomic E-state index is 5.95. The van der Waals surface area contributed by atoms with E-state index in [0.717, 1.165) is 17.1 Å². The number of rotatable bonds is 5. The third-order valence-electron chi connectivity index (χ3n) is 3.21. The molecule has 2 aromatic rings. The van der Waals surface area contributed by atoms with Crippen LogP contribution in [0.1, 0.15) is 13.8 Å². The molecule has 0 aromatic heterocycles. The molecule has 2 aromatic carbocycles. The lowest BCUT2D eigenvalue weighted by atomic mass is 10.2. The fourth-order valence-corrected chi connectivity index (χ4v) is 2.04. The number of anilines is 3. The van der Waals surface area contributed by atoms with Crippen LogP contribution in [0.3, 0.4) is 0 Å². The van der Waals surface area contributed by atoms with E-state index >= 15 is 0 Å². The van der Waals surface area contributed by atoms with E-state index in [-0.39, 0.29) is 6.10 Å². The van der Waals surface area contributed by atoms with Gasteiger partial charge in [0.25, 0.3) is 0 Å². The summed E-state index contributed by atoms with van der Waals surface area (Å²) in [6.45, 7) is 3.97. The maximum atomic E-state index is 5.95. The Kier molecular flexibility index (Phi) is 4.58. The molecule has 4 heteroatoms. The highest BCUT2D eigenvalue weighted by Gasteiger charge is 2.09. The van der Waals surface area contributed by atoms with Crippen LogP contribution in [-0.4, -0.2) is 20.3 Å². The first-order valence-corrected chi connectivity index (χ1v) is 6.95. The molecule has 0 saturated carbocycles. The maximum Gasteiger partial charge on any atom is 0.144 e. The van der Waals surface area contributed by atoms with Gasteiger partial charge in [0.05, 0.1) is 18.9 Å². The van der Waals surface area contributed by atoms with Crippen molar-refractivity contribution < 1.29 is 9.47 Å². The Bertz CT molecular complexity index is 594. The predicted octanol–water partition coefficient (Wildman–Crippen LogP) is 3.83. The lowest BCUT2D eigenvalue weighted by Crippen LogP contribution is -2.11. The minimum atomic E-state index is 0.0915. The normalized spacial score (nSPS) is 10.5. The third kappa shape index (κ3) is 3.60. The molecular weight excluding hydrogens is 264 g/mol. The summed E-state index contributed by atoms with van der Waals surface area (Å²) in [5, 5.41) is 0. The second-order valence-corrected chi connectivity index (χ2v) is 5.15. The monoisotopic (exact) mass is 286 g/mol. The predicted molar refractivity (Wildman–Crippen MR) is 87.7 cm³/mol. The first kappa shape index (κ1) is 15.0. The number of hydrogen-bond acceptors (Lipinski definition) is 4. The lowest BCUT2D eigenvalue weighted by Gasteiger charge is -2.21. The van der Waals surface area contributed by atoms with Gasteiger partial charge >= 0.3 is 0 Å². The molecule has 0 amide bonds. The highest BCUT2D eigenvalue weighted by molar-refractivity contribution is 5.68. The highest BCUT2D eigenvalue weighted by atomic mass is 16.5. The van der Waals surface area contributed by atoms with Gasteiger partial charge in [0.15, 0.2) is 0 Å². The lowest BCUT2D eigenvalue weighted by molar-refractivity contribution is 0.244. The molecule has 0 heterocycles. The molecular formula is C17H22N2O2. The summed E-state index contributed by atoms with van der Waals surface area (Å²) in [7, 11) is 3.67. The van der Waals surface area contributed by atoms with Crippen LogP contribution in [0, 0.1) is 0 Å². The number of methoxy groups -OCH3 is 1. The zero-order chi connectivity index (χ0) is 15.4. The molecule has 0 aliphatic rings. The smallest absolute Gasteiger partial charge is 0.144 e. The number of hydrogen-bond donors (Lipinski definition) is 1. The summed E-state index contributed by atoms with van der Waals surface area (Å²) in [6.07, 6.45) is 0.0915. The molecule has 0 aliphatic carbocycles. The Morgan fingerprint density at radius 2 is 1.62 bits per heavy atom. The molecule has 4 nitrogen and oxygen atoms in total. The zero-order valence-electron chi connectivity index (χ0n) is 13.0. The van der Waals surface area contributed by atoms with Gasteiger partial charge < -0.3 is 20.1 Å². The molecule has 0 saturated heterocycles. The molecule has 0 spiro atoms. The van der Waals surface area contributed by atoms with Crippen molar-refractivity contribution in [1.82, 2.24) is 0 Å². The van der Waals surface area contributed by atoms with Gasteiger partial charge in [-0.2, -0.15) is 0 Å². The van der Waals surface area contributed by atoms with Crippen LogP contribution >= 0.6 is 0 Å². The molecule has 2 N–H and O–H groups in total. The van der Waals surface area contributed by atoms with Crippen molar-refractivity contribution in [3.63, 3.8) is 0 Å². The van der Waals surface area contributed by atoms with Crippen molar-refractivity contribution in [2.24, 2.45) is 0 Å². The SMILES string of the molecule is COc1ccc(N(C)c2ccc(N)c(OC(C)C)c2)cc1. The highest BCUT2D eigenvalue weighted by Crippen LogP contribution is 2.32. The van der Waals surface area contributed by atoms with Crippen LogP contribution in [0.5, 0.6) is 11.5 Å². The Hall–Kier alpha value is -2.36. The Balaban J connectivity index is 2.27. The van der Waals surface area contributed by atoms with Crippen LogP contribution in [0.25, 0.3) is 0 Å². The van der Waals surface area contributed by atoms with E-state index in [1.54, 1.807) is 7.11 Å². The number of benzene rings is 2. The van der Waals surface area contributed by atoms with E-state index in [1.165, 1.54) is 0 Å². The van der Waals surface area contributed by atoms with Gasteiger partial charge in [-0.3, -0.25) is 0 Å². The summed E-state index contributed by atoms with van der Waals surface area (Å²) in [5.74, 6) is 1.55. The van der Waals surface area contributed by atoms with Crippen LogP contribution in [0.4, 0.5) is 17.1 Å². The van der Waals surface area contributed by atoms with E-state index in [1.807, 2.05) is 63.4 Å². The van der Waals surface area contributed by atoms with Gasteiger partial charge in [0.1, 0.15) is 11.5 Å². The van der Waals surface area contributed by atoms with Crippen LogP contribution < -0.4 is 20.1 Å². The van der Waals surface area contributed by atoms with E-state index in [2.05, 4.69) is 4.90 Å². The summed E-state index contributed by atoms with van der Waals surface area (Å²) in [6, 6.07) is 13.7. The minimum absolute atomic E-state index is 0.0915. The first-order chi connectivity index (χ1) is 10.0. The van der Waals surface area contributed by atoms with Gasteiger partial charge in [0.2, 0.25) is 0 Å². The molecule has 0 aliphatic heterocycles. The quantitative estimate of drug-likeness (QED) is 0.849. The molecule has 0 unspecified atom stereocenters. The van der Waals surface area contributed by atoms with Gasteiger partial charge in [-0.05, 0) is 50.2 Å². The van der Waals surface area contributed by atoms with Gasteiger partial charge in [0, 0.05) is 24.5 Å². The van der Waals surface area contributed by atoms with Crippen LogP contribution in [0.2, 0.25) is 0 Å². The Labute approximate surface area is 126 Å². The second kappa shape index (κ2) is 6.39. The Morgan fingerprint density at radius 1 is 1.00 bits per heavy atom. The molecule has 21 heavy (non-hydrogen) atoms. The number of nitrogens with zero attached hydrogens (tertiary/aromatic N) is 1. The van der Waals surface area contributed by atoms with Gasteiger partial charge in [-0.1, -0.05) is 0 Å². The molecule has 0 fully saturated rings.